The van der Waals surface area contributed by atoms with Crippen molar-refractivity contribution >= 4 is 51.8 Å². The van der Waals surface area contributed by atoms with Gasteiger partial charge >= 0.3 is 5.97 Å². The van der Waals surface area contributed by atoms with Crippen LogP contribution in [-0.4, -0.2) is 40.5 Å². The molecule has 230 valence electrons. The van der Waals surface area contributed by atoms with Crippen LogP contribution in [0.5, 0.6) is 0 Å². The van der Waals surface area contributed by atoms with Crippen LogP contribution in [0.2, 0.25) is 0 Å². The van der Waals surface area contributed by atoms with E-state index in [1.807, 2.05) is 19.1 Å². The Morgan fingerprint density at radius 2 is 1.71 bits per heavy atom. The van der Waals surface area contributed by atoms with Crippen molar-refractivity contribution in [3.05, 3.63) is 95.3 Å². The average molecular weight is 627 g/mol. The summed E-state index contributed by atoms with van der Waals surface area (Å²) in [5.74, 6) is -2.01. The molecule has 2 aliphatic rings. The number of ketones is 1. The number of halogens is 2. The van der Waals surface area contributed by atoms with Crippen molar-refractivity contribution in [3.8, 4) is 11.3 Å². The fourth-order valence-corrected chi connectivity index (χ4v) is 6.67. The van der Waals surface area contributed by atoms with E-state index in [0.29, 0.717) is 33.8 Å². The first-order chi connectivity index (χ1) is 21.7. The molecule has 4 unspecified atom stereocenters. The van der Waals surface area contributed by atoms with E-state index in [9.17, 15) is 23.6 Å². The fourth-order valence-electron chi connectivity index (χ4n) is 6.47. The summed E-state index contributed by atoms with van der Waals surface area (Å²) in [6.07, 6.45) is 1.31. The van der Waals surface area contributed by atoms with Crippen molar-refractivity contribution in [3.63, 3.8) is 0 Å². The number of hydrogen-bond donors (Lipinski definition) is 0. The third kappa shape index (κ3) is 5.87. The molecule has 1 aromatic heterocycles. The van der Waals surface area contributed by atoms with Crippen LogP contribution in [0.1, 0.15) is 58.9 Å². The van der Waals surface area contributed by atoms with Gasteiger partial charge in [-0.1, -0.05) is 37.3 Å². The monoisotopic (exact) mass is 626 g/mol. The number of pyridine rings is 1. The zero-order valence-electron chi connectivity index (χ0n) is 25.0. The number of carbonyl (C=O) groups excluding carboxylic acids is 4. The van der Waals surface area contributed by atoms with E-state index in [0.717, 1.165) is 24.8 Å². The number of imide groups is 1. The number of benzene rings is 3. The number of hydrogen-bond acceptors (Lipinski definition) is 6. The van der Waals surface area contributed by atoms with E-state index in [-0.39, 0.29) is 47.1 Å². The van der Waals surface area contributed by atoms with Crippen LogP contribution in [0.25, 0.3) is 22.2 Å². The molecule has 2 fully saturated rings. The predicted octanol–water partition coefficient (Wildman–Crippen LogP) is 7.31. The molecule has 1 saturated carbocycles. The molecule has 1 aliphatic heterocycles. The van der Waals surface area contributed by atoms with Crippen molar-refractivity contribution in [2.75, 3.05) is 10.8 Å². The highest BCUT2D eigenvalue weighted by Crippen LogP contribution is 2.42. The van der Waals surface area contributed by atoms with Gasteiger partial charge in [0.05, 0.1) is 34.3 Å². The number of amides is 2. The molecule has 2 amide bonds. The SMILES string of the molecule is Cc1cccc2c(C(=O)OC(CCCl)C(=O)c3ccc(F)cc3)cc(-c3ccc(N4C(=O)C5CCC(C)CC5C4=O)cc3)nc12. The molecule has 0 spiro atoms. The van der Waals surface area contributed by atoms with Crippen LogP contribution in [0.3, 0.4) is 0 Å². The Kier molecular flexibility index (Phi) is 8.51. The molecule has 45 heavy (non-hydrogen) atoms. The highest BCUT2D eigenvalue weighted by molar-refractivity contribution is 6.22. The molecule has 7 nitrogen and oxygen atoms in total. The smallest absolute Gasteiger partial charge is 0.339 e. The van der Waals surface area contributed by atoms with Gasteiger partial charge in [-0.15, -0.1) is 11.6 Å². The molecule has 0 N–H and O–H groups in total. The maximum absolute atomic E-state index is 13.7. The number of aromatic nitrogens is 1. The van der Waals surface area contributed by atoms with E-state index in [1.165, 1.54) is 29.2 Å². The first-order valence-corrected chi connectivity index (χ1v) is 15.6. The third-order valence-corrected chi connectivity index (χ3v) is 9.13. The van der Waals surface area contributed by atoms with Gasteiger partial charge in [-0.2, -0.15) is 0 Å². The second kappa shape index (κ2) is 12.5. The molecule has 6 rings (SSSR count). The van der Waals surface area contributed by atoms with Crippen molar-refractivity contribution in [2.45, 2.75) is 45.6 Å². The summed E-state index contributed by atoms with van der Waals surface area (Å²) in [6.45, 7) is 4.01. The number of rotatable bonds is 8. The van der Waals surface area contributed by atoms with Gasteiger partial charge in [0.1, 0.15) is 5.82 Å². The quantitative estimate of drug-likeness (QED) is 0.0881. The number of carbonyl (C=O) groups is 4. The lowest BCUT2D eigenvalue weighted by molar-refractivity contribution is -0.122. The second-order valence-electron chi connectivity index (χ2n) is 12.0. The Balaban J connectivity index is 1.31. The Labute approximate surface area is 265 Å². The van der Waals surface area contributed by atoms with Crippen molar-refractivity contribution in [1.29, 1.82) is 0 Å². The number of esters is 1. The Morgan fingerprint density at radius 1 is 1.00 bits per heavy atom. The Bertz CT molecular complexity index is 1810. The normalized spacial score (nSPS) is 20.3. The number of alkyl halides is 1. The number of fused-ring (bicyclic) bond motifs is 2. The number of aryl methyl sites for hydroxylation is 1. The summed E-state index contributed by atoms with van der Waals surface area (Å²) in [5.41, 5.74) is 3.52. The minimum atomic E-state index is -1.17. The summed E-state index contributed by atoms with van der Waals surface area (Å²) in [7, 11) is 0. The minimum Gasteiger partial charge on any atom is -0.450 e. The molecule has 9 heteroatoms. The summed E-state index contributed by atoms with van der Waals surface area (Å²) < 4.78 is 19.2. The first kappa shape index (κ1) is 30.6. The van der Waals surface area contributed by atoms with Crippen LogP contribution in [0.15, 0.2) is 72.8 Å². The number of ether oxygens (including phenoxy) is 1. The van der Waals surface area contributed by atoms with E-state index in [4.69, 9.17) is 21.3 Å². The van der Waals surface area contributed by atoms with Crippen LogP contribution < -0.4 is 4.90 Å². The van der Waals surface area contributed by atoms with Gasteiger partial charge in [0.2, 0.25) is 17.6 Å². The average Bonchev–Trinajstić information content (AvgIpc) is 3.28. The molecule has 2 heterocycles. The molecule has 3 aromatic carbocycles. The number of nitrogens with zero attached hydrogens (tertiary/aromatic N) is 2. The largest absolute Gasteiger partial charge is 0.450 e. The molecule has 0 bridgehead atoms. The molecule has 4 aromatic rings. The molecular weight excluding hydrogens is 595 g/mol. The zero-order chi connectivity index (χ0) is 31.8. The molecule has 1 aliphatic carbocycles. The van der Waals surface area contributed by atoms with Crippen LogP contribution in [0.4, 0.5) is 10.1 Å². The highest BCUT2D eigenvalue weighted by atomic mass is 35.5. The molecule has 4 atom stereocenters. The van der Waals surface area contributed by atoms with E-state index < -0.39 is 23.7 Å². The molecular formula is C36H32ClFN2O5. The van der Waals surface area contributed by atoms with E-state index in [2.05, 4.69) is 6.92 Å². The summed E-state index contributed by atoms with van der Waals surface area (Å²) in [6, 6.07) is 19.1. The molecule has 0 radical (unpaired) electrons. The van der Waals surface area contributed by atoms with Gasteiger partial charge in [0, 0.05) is 28.8 Å². The minimum absolute atomic E-state index is 0.0707. The fraction of sp³-hybridized carbons (Fsp3) is 0.306. The maximum atomic E-state index is 13.7. The van der Waals surface area contributed by atoms with Crippen molar-refractivity contribution < 1.29 is 28.3 Å². The maximum Gasteiger partial charge on any atom is 0.339 e. The van der Waals surface area contributed by atoms with Crippen LogP contribution >= 0.6 is 11.6 Å². The van der Waals surface area contributed by atoms with Crippen LogP contribution in [-0.2, 0) is 14.3 Å². The van der Waals surface area contributed by atoms with Gasteiger partial charge in [0.15, 0.2) is 6.10 Å². The van der Waals surface area contributed by atoms with Crippen LogP contribution in [0, 0.1) is 30.5 Å². The van der Waals surface area contributed by atoms with E-state index in [1.54, 1.807) is 36.4 Å². The zero-order valence-corrected chi connectivity index (χ0v) is 25.7. The predicted molar refractivity (Wildman–Crippen MR) is 170 cm³/mol. The lowest BCUT2D eigenvalue weighted by atomic mass is 9.76. The molecule has 1 saturated heterocycles. The van der Waals surface area contributed by atoms with Crippen molar-refractivity contribution in [2.24, 2.45) is 17.8 Å². The van der Waals surface area contributed by atoms with E-state index >= 15 is 0 Å². The first-order valence-electron chi connectivity index (χ1n) is 15.1. The van der Waals surface area contributed by atoms with Gasteiger partial charge in [-0.3, -0.25) is 19.3 Å². The lowest BCUT2D eigenvalue weighted by Crippen LogP contribution is -2.30. The van der Waals surface area contributed by atoms with Gasteiger partial charge in [-0.25, -0.2) is 14.2 Å². The number of anilines is 1. The Hall–Kier alpha value is -4.43. The summed E-state index contributed by atoms with van der Waals surface area (Å²) in [5, 5.41) is 0.560. The summed E-state index contributed by atoms with van der Waals surface area (Å²) >= 11 is 5.96. The Morgan fingerprint density at radius 3 is 2.42 bits per heavy atom. The third-order valence-electron chi connectivity index (χ3n) is 8.91. The van der Waals surface area contributed by atoms with Crippen molar-refractivity contribution in [1.82, 2.24) is 4.98 Å². The number of para-hydroxylation sites is 1. The second-order valence-corrected chi connectivity index (χ2v) is 12.3. The lowest BCUT2D eigenvalue weighted by Gasteiger charge is -2.25. The van der Waals surface area contributed by atoms with Gasteiger partial charge < -0.3 is 4.74 Å². The van der Waals surface area contributed by atoms with Gasteiger partial charge in [0.25, 0.3) is 0 Å². The summed E-state index contributed by atoms with van der Waals surface area (Å²) in [4.78, 5) is 59.5. The topological polar surface area (TPSA) is 93.6 Å². The standard InChI is InChI=1S/C36H32ClFN2O5/c1-20-6-15-27-28(18-20)35(43)40(34(27)42)25-13-9-22(10-14-25)30-19-29(26-5-3-4-21(2)32(26)39-30)36(44)45-31(16-17-37)33(41)23-7-11-24(38)12-8-23/h3-5,7-14,19-20,27-28,31H,6,15-18H2,1-2H3. The highest BCUT2D eigenvalue weighted by Gasteiger charge is 2.50. The van der Waals surface area contributed by atoms with Gasteiger partial charge in [-0.05, 0) is 80.1 Å². The number of Topliss-reactive ketones (excluding diaryl/α,β-unsaturated/α-hetero) is 1.